The molecule has 1 aromatic heterocycles. The van der Waals surface area contributed by atoms with Crippen molar-refractivity contribution in [2.24, 2.45) is 5.41 Å². The Morgan fingerprint density at radius 1 is 1.10 bits per heavy atom. The van der Waals surface area contributed by atoms with E-state index in [2.05, 4.69) is 62.7 Å². The molecule has 1 spiro atoms. The number of fused-ring (bicyclic) bond motifs is 1. The van der Waals surface area contributed by atoms with Crippen LogP contribution in [0.25, 0.3) is 10.8 Å². The maximum absolute atomic E-state index is 9.30. The van der Waals surface area contributed by atoms with E-state index in [1.54, 1.807) is 0 Å². The summed E-state index contributed by atoms with van der Waals surface area (Å²) in [4.78, 5) is 4.93. The van der Waals surface area contributed by atoms with E-state index in [1.807, 2.05) is 26.0 Å². The van der Waals surface area contributed by atoms with Crippen LogP contribution in [0.2, 0.25) is 0 Å². The summed E-state index contributed by atoms with van der Waals surface area (Å²) < 4.78 is 0. The summed E-state index contributed by atoms with van der Waals surface area (Å²) >= 11 is 0. The molecule has 0 bridgehead atoms. The van der Waals surface area contributed by atoms with Crippen LogP contribution in [0, 0.1) is 30.6 Å². The van der Waals surface area contributed by atoms with Gasteiger partial charge in [-0.2, -0.15) is 10.4 Å². The molecule has 2 fully saturated rings. The summed E-state index contributed by atoms with van der Waals surface area (Å²) in [6.07, 6.45) is 1.30. The minimum absolute atomic E-state index is 0.473. The molecule has 31 heavy (non-hydrogen) atoms. The second-order valence-corrected chi connectivity index (χ2v) is 9.26. The summed E-state index contributed by atoms with van der Waals surface area (Å²) in [7, 11) is 2.22. The number of likely N-dealkylation sites (tertiary alicyclic amines) is 1. The number of aromatic nitrogens is 2. The summed E-state index contributed by atoms with van der Waals surface area (Å²) in [5.41, 5.74) is 5.49. The van der Waals surface area contributed by atoms with E-state index < -0.39 is 0 Å². The Morgan fingerprint density at radius 3 is 2.68 bits per heavy atom. The van der Waals surface area contributed by atoms with E-state index in [9.17, 15) is 5.26 Å². The normalized spacial score (nSPS) is 17.7. The van der Waals surface area contributed by atoms with Crippen molar-refractivity contribution >= 4 is 22.3 Å². The van der Waals surface area contributed by atoms with Gasteiger partial charge in [0.1, 0.15) is 0 Å². The van der Waals surface area contributed by atoms with Crippen molar-refractivity contribution in [1.82, 2.24) is 15.1 Å². The highest BCUT2D eigenvalue weighted by molar-refractivity contribution is 5.95. The maximum Gasteiger partial charge on any atom is 0.156 e. The summed E-state index contributed by atoms with van der Waals surface area (Å²) in [5, 5.41) is 23.8. The van der Waals surface area contributed by atoms with Gasteiger partial charge in [-0.15, -0.1) is 5.10 Å². The zero-order chi connectivity index (χ0) is 21.6. The number of hydrogen-bond donors (Lipinski definition) is 1. The van der Waals surface area contributed by atoms with Gasteiger partial charge < -0.3 is 15.1 Å². The van der Waals surface area contributed by atoms with Gasteiger partial charge in [0.15, 0.2) is 5.82 Å². The van der Waals surface area contributed by atoms with E-state index in [-0.39, 0.29) is 0 Å². The topological polar surface area (TPSA) is 68.1 Å². The SMILES string of the molecule is Cc1c(C#N)cccc1CNc1nnc(C)c2ccc(N3CC4(CCN(C)C4)C3)cc12. The Bertz CT molecular complexity index is 1190. The standard InChI is InChI=1S/C25H28N6/c1-17-19(12-26)5-4-6-20(17)13-27-24-23-11-21(7-8-22(23)18(2)28-29-24)31-15-25(16-31)9-10-30(3)14-25/h4-8,11H,9-10,13-16H2,1-3H3,(H,27,29). The third kappa shape index (κ3) is 3.49. The minimum atomic E-state index is 0.473. The smallest absolute Gasteiger partial charge is 0.156 e. The zero-order valence-electron chi connectivity index (χ0n) is 18.4. The largest absolute Gasteiger partial charge is 0.370 e. The number of nitriles is 1. The molecule has 0 atom stereocenters. The molecule has 2 aliphatic heterocycles. The Balaban J connectivity index is 1.41. The van der Waals surface area contributed by atoms with E-state index in [0.29, 0.717) is 17.5 Å². The highest BCUT2D eigenvalue weighted by Gasteiger charge is 2.46. The van der Waals surface area contributed by atoms with Gasteiger partial charge in [0.25, 0.3) is 0 Å². The quantitative estimate of drug-likeness (QED) is 0.702. The van der Waals surface area contributed by atoms with Crippen LogP contribution in [-0.2, 0) is 6.54 Å². The van der Waals surface area contributed by atoms with Gasteiger partial charge in [-0.1, -0.05) is 18.2 Å². The molecule has 158 valence electrons. The number of anilines is 2. The van der Waals surface area contributed by atoms with Gasteiger partial charge >= 0.3 is 0 Å². The van der Waals surface area contributed by atoms with Crippen LogP contribution in [0.1, 0.15) is 28.8 Å². The lowest BCUT2D eigenvalue weighted by molar-refractivity contribution is 0.218. The molecule has 3 heterocycles. The van der Waals surface area contributed by atoms with Gasteiger partial charge in [0, 0.05) is 48.1 Å². The van der Waals surface area contributed by atoms with Crippen molar-refractivity contribution in [3.63, 3.8) is 0 Å². The number of benzene rings is 2. The lowest BCUT2D eigenvalue weighted by Gasteiger charge is -2.49. The lowest BCUT2D eigenvalue weighted by Crippen LogP contribution is -2.57. The van der Waals surface area contributed by atoms with Crippen molar-refractivity contribution in [2.75, 3.05) is 43.4 Å². The summed E-state index contributed by atoms with van der Waals surface area (Å²) in [5.74, 6) is 0.792. The molecule has 0 saturated carbocycles. The van der Waals surface area contributed by atoms with Crippen molar-refractivity contribution in [3.8, 4) is 6.07 Å². The summed E-state index contributed by atoms with van der Waals surface area (Å²) in [6, 6.07) is 14.7. The molecule has 0 aliphatic carbocycles. The zero-order valence-corrected chi connectivity index (χ0v) is 18.4. The first-order valence-corrected chi connectivity index (χ1v) is 10.9. The van der Waals surface area contributed by atoms with Crippen molar-refractivity contribution in [3.05, 3.63) is 58.8 Å². The number of nitrogens with one attached hydrogen (secondary N) is 1. The molecular formula is C25H28N6. The maximum atomic E-state index is 9.30. The van der Waals surface area contributed by atoms with Crippen LogP contribution in [0.3, 0.4) is 0 Å². The number of nitrogens with zero attached hydrogens (tertiary/aromatic N) is 5. The highest BCUT2D eigenvalue weighted by atomic mass is 15.3. The first-order valence-electron chi connectivity index (χ1n) is 10.9. The molecule has 1 N–H and O–H groups in total. The minimum Gasteiger partial charge on any atom is -0.370 e. The Morgan fingerprint density at radius 2 is 1.94 bits per heavy atom. The Labute approximate surface area is 183 Å². The first kappa shape index (κ1) is 19.8. The monoisotopic (exact) mass is 412 g/mol. The fourth-order valence-corrected chi connectivity index (χ4v) is 5.14. The van der Waals surface area contributed by atoms with Crippen LogP contribution in [0.15, 0.2) is 36.4 Å². The molecule has 5 rings (SSSR count). The molecule has 3 aromatic rings. The fraction of sp³-hybridized carbons (Fsp3) is 0.400. The molecule has 2 aliphatic rings. The number of rotatable bonds is 4. The Kier molecular flexibility index (Phi) is 4.79. The van der Waals surface area contributed by atoms with Crippen molar-refractivity contribution in [2.45, 2.75) is 26.8 Å². The molecule has 2 saturated heterocycles. The Hall–Kier alpha value is -3.17. The highest BCUT2D eigenvalue weighted by Crippen LogP contribution is 2.42. The van der Waals surface area contributed by atoms with Crippen molar-refractivity contribution < 1.29 is 0 Å². The average molecular weight is 413 g/mol. The second kappa shape index (κ2) is 7.51. The van der Waals surface area contributed by atoms with Crippen LogP contribution in [0.5, 0.6) is 0 Å². The van der Waals surface area contributed by atoms with Gasteiger partial charge in [0.05, 0.1) is 17.3 Å². The molecule has 2 aromatic carbocycles. The van der Waals surface area contributed by atoms with Crippen LogP contribution >= 0.6 is 0 Å². The van der Waals surface area contributed by atoms with Gasteiger partial charge in [-0.3, -0.25) is 0 Å². The van der Waals surface area contributed by atoms with Gasteiger partial charge in [-0.05, 0) is 63.2 Å². The predicted molar refractivity (Wildman–Crippen MR) is 124 cm³/mol. The van der Waals surface area contributed by atoms with E-state index in [1.165, 1.54) is 25.2 Å². The predicted octanol–water partition coefficient (Wildman–Crippen LogP) is 3.87. The fourth-order valence-electron chi connectivity index (χ4n) is 5.14. The molecule has 6 nitrogen and oxygen atoms in total. The lowest BCUT2D eigenvalue weighted by atomic mass is 9.78. The van der Waals surface area contributed by atoms with E-state index >= 15 is 0 Å². The van der Waals surface area contributed by atoms with Gasteiger partial charge in [-0.25, -0.2) is 0 Å². The molecule has 0 radical (unpaired) electrons. The number of aryl methyl sites for hydroxylation is 1. The van der Waals surface area contributed by atoms with Crippen LogP contribution < -0.4 is 10.2 Å². The van der Waals surface area contributed by atoms with E-state index in [0.717, 1.165) is 46.5 Å². The van der Waals surface area contributed by atoms with Crippen molar-refractivity contribution in [1.29, 1.82) is 5.26 Å². The van der Waals surface area contributed by atoms with Crippen LogP contribution in [0.4, 0.5) is 11.5 Å². The van der Waals surface area contributed by atoms with E-state index in [4.69, 9.17) is 0 Å². The molecule has 0 unspecified atom stereocenters. The third-order valence-corrected chi connectivity index (χ3v) is 7.01. The average Bonchev–Trinajstić information content (AvgIpc) is 3.15. The molecule has 6 heteroatoms. The number of hydrogen-bond acceptors (Lipinski definition) is 6. The third-order valence-electron chi connectivity index (χ3n) is 7.01. The molecule has 0 amide bonds. The first-order chi connectivity index (χ1) is 15.0. The van der Waals surface area contributed by atoms with Crippen LogP contribution in [-0.4, -0.2) is 48.3 Å². The van der Waals surface area contributed by atoms with Gasteiger partial charge in [0.2, 0.25) is 0 Å². The summed E-state index contributed by atoms with van der Waals surface area (Å²) in [6.45, 7) is 9.28. The second-order valence-electron chi connectivity index (χ2n) is 9.26. The molecular weight excluding hydrogens is 384 g/mol.